The number of aliphatic hydroxyl groups is 1. The van der Waals surface area contributed by atoms with Crippen LogP contribution in [0.2, 0.25) is 0 Å². The van der Waals surface area contributed by atoms with Crippen molar-refractivity contribution < 1.29 is 5.11 Å². The molecule has 0 bridgehead atoms. The Bertz CT molecular complexity index is 544. The van der Waals surface area contributed by atoms with Gasteiger partial charge in [0.15, 0.2) is 0 Å². The molecule has 2 aromatic rings. The molecule has 0 unspecified atom stereocenters. The lowest BCUT2D eigenvalue weighted by molar-refractivity contribution is -0.00260. The third kappa shape index (κ3) is 3.87. The summed E-state index contributed by atoms with van der Waals surface area (Å²) in [6, 6.07) is 5.89. The fourth-order valence-electron chi connectivity index (χ4n) is 2.80. The van der Waals surface area contributed by atoms with Crippen molar-refractivity contribution in [2.24, 2.45) is 0 Å². The monoisotopic (exact) mass is 287 g/mol. The summed E-state index contributed by atoms with van der Waals surface area (Å²) >= 11 is 0. The maximum Gasteiger partial charge on any atom is 0.109 e. The molecule has 1 fully saturated rings. The number of nitrogens with one attached hydrogen (secondary N) is 1. The van der Waals surface area contributed by atoms with Crippen molar-refractivity contribution in [3.05, 3.63) is 48.5 Å². The second kappa shape index (κ2) is 6.34. The van der Waals surface area contributed by atoms with E-state index < -0.39 is 5.60 Å². The third-order valence-corrected chi connectivity index (χ3v) is 3.72. The highest BCUT2D eigenvalue weighted by molar-refractivity contribution is 5.08. The van der Waals surface area contributed by atoms with Crippen molar-refractivity contribution in [1.29, 1.82) is 0 Å². The molecule has 0 aliphatic carbocycles. The Morgan fingerprint density at radius 2 is 2.29 bits per heavy atom. The molecule has 1 saturated heterocycles. The van der Waals surface area contributed by atoms with E-state index in [2.05, 4.69) is 26.4 Å². The van der Waals surface area contributed by atoms with Crippen molar-refractivity contribution in [3.63, 3.8) is 0 Å². The largest absolute Gasteiger partial charge is 0.385 e. The van der Waals surface area contributed by atoms with Gasteiger partial charge in [-0.05, 0) is 17.7 Å². The average Bonchev–Trinajstić information content (AvgIpc) is 2.90. The molecule has 21 heavy (non-hydrogen) atoms. The Kier molecular flexibility index (Phi) is 4.28. The minimum atomic E-state index is -0.815. The zero-order valence-corrected chi connectivity index (χ0v) is 12.0. The van der Waals surface area contributed by atoms with E-state index in [0.717, 1.165) is 19.6 Å². The fraction of sp³-hybridized carbons (Fsp3) is 0.467. The smallest absolute Gasteiger partial charge is 0.109 e. The van der Waals surface area contributed by atoms with Gasteiger partial charge in [-0.3, -0.25) is 14.6 Å². The molecule has 6 nitrogen and oxygen atoms in total. The van der Waals surface area contributed by atoms with Gasteiger partial charge in [-0.25, -0.2) is 0 Å². The first-order valence-electron chi connectivity index (χ1n) is 7.25. The van der Waals surface area contributed by atoms with Gasteiger partial charge in [0.2, 0.25) is 0 Å². The van der Waals surface area contributed by atoms with Crippen LogP contribution in [0.5, 0.6) is 0 Å². The van der Waals surface area contributed by atoms with Crippen molar-refractivity contribution in [2.45, 2.75) is 18.7 Å². The number of nitrogens with zero attached hydrogens (tertiary/aromatic N) is 4. The van der Waals surface area contributed by atoms with Crippen molar-refractivity contribution >= 4 is 0 Å². The fourth-order valence-corrected chi connectivity index (χ4v) is 2.80. The van der Waals surface area contributed by atoms with Gasteiger partial charge in [0.25, 0.3) is 0 Å². The SMILES string of the molecule is O[C@@]1(Cn2cccn2)CNCCN(Cc2cccnc2)C1. The summed E-state index contributed by atoms with van der Waals surface area (Å²) in [5.74, 6) is 0. The molecule has 0 saturated carbocycles. The third-order valence-electron chi connectivity index (χ3n) is 3.72. The number of β-amino-alcohol motifs (C(OH)–C–C–N with tert-alkyl or cyclic N) is 1. The predicted octanol–water partition coefficient (Wildman–Crippen LogP) is 0.115. The Balaban J connectivity index is 1.68. The minimum absolute atomic E-state index is 0.497. The Morgan fingerprint density at radius 3 is 3.05 bits per heavy atom. The summed E-state index contributed by atoms with van der Waals surface area (Å²) in [4.78, 5) is 6.42. The molecule has 1 aliphatic heterocycles. The highest BCUT2D eigenvalue weighted by Gasteiger charge is 2.32. The van der Waals surface area contributed by atoms with Gasteiger partial charge < -0.3 is 10.4 Å². The van der Waals surface area contributed by atoms with Gasteiger partial charge in [0.1, 0.15) is 5.60 Å². The molecular weight excluding hydrogens is 266 g/mol. The maximum atomic E-state index is 10.9. The van der Waals surface area contributed by atoms with E-state index in [4.69, 9.17) is 0 Å². The molecule has 1 atom stereocenters. The second-order valence-corrected chi connectivity index (χ2v) is 5.68. The zero-order chi connectivity index (χ0) is 14.5. The first-order chi connectivity index (χ1) is 10.2. The highest BCUT2D eigenvalue weighted by atomic mass is 16.3. The van der Waals surface area contributed by atoms with Crippen LogP contribution in [0.15, 0.2) is 43.0 Å². The zero-order valence-electron chi connectivity index (χ0n) is 12.0. The van der Waals surface area contributed by atoms with Crippen LogP contribution >= 0.6 is 0 Å². The first-order valence-corrected chi connectivity index (χ1v) is 7.25. The van der Waals surface area contributed by atoms with Crippen LogP contribution in [0.1, 0.15) is 5.56 Å². The summed E-state index contributed by atoms with van der Waals surface area (Å²) in [7, 11) is 0. The van der Waals surface area contributed by atoms with E-state index in [-0.39, 0.29) is 0 Å². The second-order valence-electron chi connectivity index (χ2n) is 5.68. The number of aromatic nitrogens is 3. The van der Waals surface area contributed by atoms with Gasteiger partial charge >= 0.3 is 0 Å². The van der Waals surface area contributed by atoms with Gasteiger partial charge in [0, 0.05) is 57.5 Å². The van der Waals surface area contributed by atoms with E-state index >= 15 is 0 Å². The predicted molar refractivity (Wildman–Crippen MR) is 79.6 cm³/mol. The molecule has 2 aromatic heterocycles. The number of pyridine rings is 1. The average molecular weight is 287 g/mol. The maximum absolute atomic E-state index is 10.9. The van der Waals surface area contributed by atoms with Crippen molar-refractivity contribution in [2.75, 3.05) is 26.2 Å². The number of hydrogen-bond acceptors (Lipinski definition) is 5. The van der Waals surface area contributed by atoms with Gasteiger partial charge in [-0.15, -0.1) is 0 Å². The van der Waals surface area contributed by atoms with Crippen LogP contribution in [-0.2, 0) is 13.1 Å². The quantitative estimate of drug-likeness (QED) is 0.836. The lowest BCUT2D eigenvalue weighted by atomic mass is 10.0. The van der Waals surface area contributed by atoms with Gasteiger partial charge in [-0.2, -0.15) is 5.10 Å². The van der Waals surface area contributed by atoms with Gasteiger partial charge in [-0.1, -0.05) is 6.07 Å². The molecule has 0 amide bonds. The first kappa shape index (κ1) is 14.2. The summed E-state index contributed by atoms with van der Waals surface area (Å²) in [5, 5.41) is 18.4. The Hall–Kier alpha value is -1.76. The van der Waals surface area contributed by atoms with Gasteiger partial charge in [0.05, 0.1) is 6.54 Å². The van der Waals surface area contributed by atoms with E-state index in [0.29, 0.717) is 19.6 Å². The molecule has 6 heteroatoms. The van der Waals surface area contributed by atoms with E-state index in [1.54, 1.807) is 17.1 Å². The van der Waals surface area contributed by atoms with Crippen LogP contribution < -0.4 is 5.32 Å². The number of hydrogen-bond donors (Lipinski definition) is 2. The molecule has 3 heterocycles. The molecule has 112 valence electrons. The Morgan fingerprint density at radius 1 is 1.33 bits per heavy atom. The molecule has 0 spiro atoms. The van der Waals surface area contributed by atoms with Crippen LogP contribution in [0, 0.1) is 0 Å². The summed E-state index contributed by atoms with van der Waals surface area (Å²) in [5.41, 5.74) is 0.353. The lowest BCUT2D eigenvalue weighted by Gasteiger charge is -2.31. The van der Waals surface area contributed by atoms with Crippen molar-refractivity contribution in [1.82, 2.24) is 25.0 Å². The number of rotatable bonds is 4. The van der Waals surface area contributed by atoms with Crippen LogP contribution in [0.4, 0.5) is 0 Å². The molecule has 3 rings (SSSR count). The van der Waals surface area contributed by atoms with Crippen LogP contribution in [0.25, 0.3) is 0 Å². The lowest BCUT2D eigenvalue weighted by Crippen LogP contribution is -2.49. The molecule has 0 radical (unpaired) electrons. The topological polar surface area (TPSA) is 66.2 Å². The van der Waals surface area contributed by atoms with E-state index in [1.165, 1.54) is 5.56 Å². The molecule has 1 aliphatic rings. The van der Waals surface area contributed by atoms with Crippen LogP contribution in [0.3, 0.4) is 0 Å². The summed E-state index contributed by atoms with van der Waals surface area (Å²) in [6.07, 6.45) is 7.28. The Labute approximate surface area is 124 Å². The summed E-state index contributed by atoms with van der Waals surface area (Å²) in [6.45, 7) is 4.29. The van der Waals surface area contributed by atoms with E-state index in [9.17, 15) is 5.11 Å². The molecule has 2 N–H and O–H groups in total. The van der Waals surface area contributed by atoms with Crippen molar-refractivity contribution in [3.8, 4) is 0 Å². The minimum Gasteiger partial charge on any atom is -0.385 e. The summed E-state index contributed by atoms with van der Waals surface area (Å²) < 4.78 is 1.79. The molecular formula is C15H21N5O. The van der Waals surface area contributed by atoms with E-state index in [1.807, 2.05) is 24.5 Å². The highest BCUT2D eigenvalue weighted by Crippen LogP contribution is 2.14. The van der Waals surface area contributed by atoms with Crippen LogP contribution in [-0.4, -0.2) is 56.6 Å². The standard InChI is InChI=1S/C15H21N5O/c21-15(13-20-7-2-5-18-20)11-17-6-8-19(12-15)10-14-3-1-4-16-9-14/h1-5,7,9,17,21H,6,8,10-13H2/t15-/m0/s1. The normalized spacial score (nSPS) is 23.9. The molecule has 0 aromatic carbocycles.